The number of phenolic OH excluding ortho intramolecular Hbond substituents is 1. The highest BCUT2D eigenvalue weighted by atomic mass is 16.3. The molecule has 0 spiro atoms. The van der Waals surface area contributed by atoms with Crippen LogP contribution in [0.2, 0.25) is 0 Å². The van der Waals surface area contributed by atoms with Gasteiger partial charge in [-0.05, 0) is 44.5 Å². The maximum atomic E-state index is 11.5. The second-order valence-corrected chi connectivity index (χ2v) is 5.51. The zero-order chi connectivity index (χ0) is 15.1. The molecule has 0 aliphatic heterocycles. The average Bonchev–Trinajstić information content (AvgIpc) is 2.45. The number of nitrogens with zero attached hydrogens (tertiary/aromatic N) is 1. The number of amides is 1. The van der Waals surface area contributed by atoms with Gasteiger partial charge in [-0.3, -0.25) is 4.79 Å². The van der Waals surface area contributed by atoms with Crippen molar-refractivity contribution in [2.75, 3.05) is 20.6 Å². The lowest BCUT2D eigenvalue weighted by Gasteiger charge is -2.27. The van der Waals surface area contributed by atoms with E-state index < -0.39 is 0 Å². The van der Waals surface area contributed by atoms with E-state index in [9.17, 15) is 9.90 Å². The van der Waals surface area contributed by atoms with Gasteiger partial charge in [0.05, 0.1) is 0 Å². The van der Waals surface area contributed by atoms with E-state index in [4.69, 9.17) is 0 Å². The van der Waals surface area contributed by atoms with Crippen LogP contribution in [0, 0.1) is 5.92 Å². The third-order valence-electron chi connectivity index (χ3n) is 3.80. The molecule has 4 heteroatoms. The van der Waals surface area contributed by atoms with Crippen LogP contribution in [0.25, 0.3) is 0 Å². The van der Waals surface area contributed by atoms with Crippen molar-refractivity contribution in [2.24, 2.45) is 5.92 Å². The minimum Gasteiger partial charge on any atom is -0.508 e. The molecule has 0 saturated heterocycles. The Morgan fingerprint density at radius 1 is 1.30 bits per heavy atom. The second kappa shape index (κ2) is 7.90. The molecule has 2 atom stereocenters. The fourth-order valence-corrected chi connectivity index (χ4v) is 2.20. The van der Waals surface area contributed by atoms with Gasteiger partial charge in [0, 0.05) is 25.6 Å². The summed E-state index contributed by atoms with van der Waals surface area (Å²) in [5.41, 5.74) is 1.22. The molecule has 1 amide bonds. The Labute approximate surface area is 121 Å². The molecule has 20 heavy (non-hydrogen) atoms. The summed E-state index contributed by atoms with van der Waals surface area (Å²) in [6.07, 6.45) is 2.00. The Morgan fingerprint density at radius 3 is 2.45 bits per heavy atom. The van der Waals surface area contributed by atoms with E-state index in [0.29, 0.717) is 11.8 Å². The van der Waals surface area contributed by atoms with Gasteiger partial charge in [0.2, 0.25) is 5.91 Å². The number of benzene rings is 1. The largest absolute Gasteiger partial charge is 0.508 e. The van der Waals surface area contributed by atoms with Gasteiger partial charge in [0.1, 0.15) is 5.75 Å². The monoisotopic (exact) mass is 278 g/mol. The molecular formula is C16H26N2O2. The van der Waals surface area contributed by atoms with Crippen molar-refractivity contribution in [1.29, 1.82) is 0 Å². The zero-order valence-corrected chi connectivity index (χ0v) is 12.9. The molecule has 2 N–H and O–H groups in total. The highest BCUT2D eigenvalue weighted by Gasteiger charge is 2.17. The van der Waals surface area contributed by atoms with Crippen LogP contribution in [0.15, 0.2) is 24.3 Å². The second-order valence-electron chi connectivity index (χ2n) is 5.51. The van der Waals surface area contributed by atoms with Gasteiger partial charge in [0.15, 0.2) is 0 Å². The fraction of sp³-hybridized carbons (Fsp3) is 0.562. The van der Waals surface area contributed by atoms with Gasteiger partial charge < -0.3 is 15.3 Å². The number of nitrogens with one attached hydrogen (secondary N) is 1. The molecular weight excluding hydrogens is 252 g/mol. The number of carbonyl (C=O) groups is 1. The third-order valence-corrected chi connectivity index (χ3v) is 3.80. The van der Waals surface area contributed by atoms with Crippen LogP contribution in [0.4, 0.5) is 0 Å². The van der Waals surface area contributed by atoms with E-state index in [1.165, 1.54) is 5.56 Å². The van der Waals surface area contributed by atoms with Crippen molar-refractivity contribution < 1.29 is 9.90 Å². The van der Waals surface area contributed by atoms with Crippen LogP contribution in [0.3, 0.4) is 0 Å². The van der Waals surface area contributed by atoms with E-state index >= 15 is 0 Å². The molecule has 0 aromatic heterocycles. The highest BCUT2D eigenvalue weighted by molar-refractivity contribution is 5.78. The molecule has 0 heterocycles. The first-order valence-corrected chi connectivity index (χ1v) is 7.13. The molecule has 2 unspecified atom stereocenters. The number of hydrogen-bond donors (Lipinski definition) is 2. The number of phenols is 1. The van der Waals surface area contributed by atoms with Gasteiger partial charge >= 0.3 is 0 Å². The van der Waals surface area contributed by atoms with Crippen LogP contribution < -0.4 is 5.32 Å². The molecule has 0 aliphatic carbocycles. The standard InChI is InChI=1S/C16H26N2O2/c1-12(16(20)17-3)11-18(4)13(2)5-6-14-7-9-15(19)10-8-14/h7-10,12-13,19H,5-6,11H2,1-4H3,(H,17,20). The lowest BCUT2D eigenvalue weighted by atomic mass is 10.0. The lowest BCUT2D eigenvalue weighted by Crippen LogP contribution is -2.38. The van der Waals surface area contributed by atoms with Crippen LogP contribution in [0.5, 0.6) is 5.75 Å². The van der Waals surface area contributed by atoms with E-state index in [1.807, 2.05) is 19.1 Å². The molecule has 1 rings (SSSR count). The predicted molar refractivity (Wildman–Crippen MR) is 81.8 cm³/mol. The maximum absolute atomic E-state index is 11.5. The Morgan fingerprint density at radius 2 is 1.90 bits per heavy atom. The van der Waals surface area contributed by atoms with Crippen molar-refractivity contribution in [2.45, 2.75) is 32.7 Å². The van der Waals surface area contributed by atoms with Gasteiger partial charge in [0.25, 0.3) is 0 Å². The summed E-state index contributed by atoms with van der Waals surface area (Å²) in [7, 11) is 3.73. The predicted octanol–water partition coefficient (Wildman–Crippen LogP) is 2.03. The summed E-state index contributed by atoms with van der Waals surface area (Å²) in [6.45, 7) is 4.88. The quantitative estimate of drug-likeness (QED) is 0.802. The third kappa shape index (κ3) is 5.21. The molecule has 0 saturated carbocycles. The number of carbonyl (C=O) groups excluding carboxylic acids is 1. The first-order valence-electron chi connectivity index (χ1n) is 7.13. The number of aryl methyl sites for hydroxylation is 1. The van der Waals surface area contributed by atoms with Gasteiger partial charge in [-0.25, -0.2) is 0 Å². The summed E-state index contributed by atoms with van der Waals surface area (Å²) in [4.78, 5) is 13.7. The lowest BCUT2D eigenvalue weighted by molar-refractivity contribution is -0.124. The van der Waals surface area contributed by atoms with Gasteiger partial charge in [-0.15, -0.1) is 0 Å². The smallest absolute Gasteiger partial charge is 0.223 e. The highest BCUT2D eigenvalue weighted by Crippen LogP contribution is 2.14. The molecule has 0 aliphatic rings. The Kier molecular flexibility index (Phi) is 6.52. The number of aromatic hydroxyl groups is 1. The molecule has 4 nitrogen and oxygen atoms in total. The van der Waals surface area contributed by atoms with E-state index in [0.717, 1.165) is 19.4 Å². The molecule has 112 valence electrons. The normalized spacial score (nSPS) is 14.1. The number of hydrogen-bond acceptors (Lipinski definition) is 3. The van der Waals surface area contributed by atoms with Crippen LogP contribution >= 0.6 is 0 Å². The van der Waals surface area contributed by atoms with Gasteiger partial charge in [-0.2, -0.15) is 0 Å². The summed E-state index contributed by atoms with van der Waals surface area (Å²) >= 11 is 0. The van der Waals surface area contributed by atoms with Crippen molar-refractivity contribution >= 4 is 5.91 Å². The minimum atomic E-state index is 0.00104. The zero-order valence-electron chi connectivity index (χ0n) is 12.9. The Bertz CT molecular complexity index is 417. The van der Waals surface area contributed by atoms with Crippen molar-refractivity contribution in [3.8, 4) is 5.75 Å². The van der Waals surface area contributed by atoms with Crippen molar-refractivity contribution in [3.63, 3.8) is 0 Å². The maximum Gasteiger partial charge on any atom is 0.223 e. The van der Waals surface area contributed by atoms with Gasteiger partial charge in [-0.1, -0.05) is 19.1 Å². The van der Waals surface area contributed by atoms with Crippen LogP contribution in [-0.4, -0.2) is 42.6 Å². The molecule has 0 bridgehead atoms. The molecule has 1 aromatic rings. The summed E-state index contributed by atoms with van der Waals surface area (Å²) < 4.78 is 0. The minimum absolute atomic E-state index is 0.00104. The van der Waals surface area contributed by atoms with E-state index in [2.05, 4.69) is 24.2 Å². The first kappa shape index (κ1) is 16.5. The van der Waals surface area contributed by atoms with E-state index in [1.54, 1.807) is 19.2 Å². The average molecular weight is 278 g/mol. The molecule has 0 fully saturated rings. The van der Waals surface area contributed by atoms with Crippen LogP contribution in [0.1, 0.15) is 25.8 Å². The molecule has 0 radical (unpaired) electrons. The first-order chi connectivity index (χ1) is 9.43. The molecule has 1 aromatic carbocycles. The van der Waals surface area contributed by atoms with E-state index in [-0.39, 0.29) is 11.8 Å². The summed E-state index contributed by atoms with van der Waals surface area (Å²) in [6, 6.07) is 7.76. The topological polar surface area (TPSA) is 52.6 Å². The number of rotatable bonds is 7. The fourth-order valence-electron chi connectivity index (χ4n) is 2.20. The van der Waals surface area contributed by atoms with Crippen LogP contribution in [-0.2, 0) is 11.2 Å². The van der Waals surface area contributed by atoms with Crippen molar-refractivity contribution in [1.82, 2.24) is 10.2 Å². The Balaban J connectivity index is 2.39. The summed E-state index contributed by atoms with van der Waals surface area (Å²) in [5, 5.41) is 11.9. The van der Waals surface area contributed by atoms with Crippen molar-refractivity contribution in [3.05, 3.63) is 29.8 Å². The Hall–Kier alpha value is -1.55. The SMILES string of the molecule is CNC(=O)C(C)CN(C)C(C)CCc1ccc(O)cc1. The summed E-state index contributed by atoms with van der Waals surface area (Å²) in [5.74, 6) is 0.391.